The third-order valence-electron chi connectivity index (χ3n) is 4.22. The van der Waals surface area contributed by atoms with Crippen LogP contribution in [0.1, 0.15) is 36.0 Å². The highest BCUT2D eigenvalue weighted by Crippen LogP contribution is 2.23. The number of piperidine rings is 1. The fourth-order valence-electron chi connectivity index (χ4n) is 2.86. The summed E-state index contributed by atoms with van der Waals surface area (Å²) in [6.07, 6.45) is 2.44. The molecule has 0 radical (unpaired) electrons. The van der Waals surface area contributed by atoms with E-state index in [1.807, 2.05) is 0 Å². The highest BCUT2D eigenvalue weighted by atomic mass is 35.5. The van der Waals surface area contributed by atoms with Gasteiger partial charge in [-0.15, -0.1) is 0 Å². The van der Waals surface area contributed by atoms with Crippen LogP contribution in [0, 0.1) is 5.92 Å². The van der Waals surface area contributed by atoms with Crippen molar-refractivity contribution in [1.82, 2.24) is 10.2 Å². The second-order valence-corrected chi connectivity index (χ2v) is 6.91. The molecule has 2 rings (SSSR count). The van der Waals surface area contributed by atoms with Gasteiger partial charge in [0.1, 0.15) is 0 Å². The van der Waals surface area contributed by atoms with E-state index < -0.39 is 11.9 Å². The van der Waals surface area contributed by atoms with E-state index in [1.165, 1.54) is 18.2 Å². The molecule has 25 heavy (non-hydrogen) atoms. The lowest BCUT2D eigenvalue weighted by Gasteiger charge is -2.32. The highest BCUT2D eigenvalue weighted by molar-refractivity contribution is 6.42. The molecule has 0 spiro atoms. The van der Waals surface area contributed by atoms with Crippen molar-refractivity contribution in [1.29, 1.82) is 0 Å². The van der Waals surface area contributed by atoms with Crippen molar-refractivity contribution in [3.8, 4) is 0 Å². The van der Waals surface area contributed by atoms with Crippen LogP contribution in [-0.2, 0) is 9.59 Å². The number of halogens is 2. The third kappa shape index (κ3) is 5.90. The quantitative estimate of drug-likeness (QED) is 0.786. The third-order valence-corrected chi connectivity index (χ3v) is 4.96. The molecule has 1 aliphatic heterocycles. The Kier molecular flexibility index (Phi) is 7.08. The van der Waals surface area contributed by atoms with Gasteiger partial charge in [0.25, 0.3) is 5.91 Å². The standard InChI is InChI=1S/C17H20Cl2N2O4/c18-13-5-4-12(8-14(13)19)17(25)20-9-15(22)21-7-1-2-11(10-21)3-6-16(23)24/h4-5,8,11H,1-3,6-7,9-10H2,(H,20,25)(H,23,24). The number of carboxylic acid groups (broad SMARTS) is 1. The summed E-state index contributed by atoms with van der Waals surface area (Å²) in [6, 6.07) is 4.52. The molecular weight excluding hydrogens is 367 g/mol. The summed E-state index contributed by atoms with van der Waals surface area (Å²) in [5, 5.41) is 12.0. The van der Waals surface area contributed by atoms with Gasteiger partial charge in [0.05, 0.1) is 16.6 Å². The molecule has 1 unspecified atom stereocenters. The van der Waals surface area contributed by atoms with E-state index >= 15 is 0 Å². The number of rotatable bonds is 6. The van der Waals surface area contributed by atoms with Crippen LogP contribution in [0.4, 0.5) is 0 Å². The maximum Gasteiger partial charge on any atom is 0.303 e. The minimum Gasteiger partial charge on any atom is -0.481 e. The summed E-state index contributed by atoms with van der Waals surface area (Å²) < 4.78 is 0. The monoisotopic (exact) mass is 386 g/mol. The van der Waals surface area contributed by atoms with Gasteiger partial charge in [-0.2, -0.15) is 0 Å². The Morgan fingerprint density at radius 2 is 2.00 bits per heavy atom. The summed E-state index contributed by atoms with van der Waals surface area (Å²) in [7, 11) is 0. The van der Waals surface area contributed by atoms with Gasteiger partial charge in [-0.05, 0) is 43.4 Å². The number of nitrogens with one attached hydrogen (secondary N) is 1. The number of benzene rings is 1. The first-order chi connectivity index (χ1) is 11.9. The van der Waals surface area contributed by atoms with Gasteiger partial charge in [0, 0.05) is 25.1 Å². The molecule has 136 valence electrons. The van der Waals surface area contributed by atoms with Gasteiger partial charge < -0.3 is 15.3 Å². The number of nitrogens with zero attached hydrogens (tertiary/aromatic N) is 1. The lowest BCUT2D eigenvalue weighted by molar-refractivity contribution is -0.137. The summed E-state index contributed by atoms with van der Waals surface area (Å²) in [5.41, 5.74) is 0.333. The molecule has 1 aromatic carbocycles. The number of amides is 2. The Hall–Kier alpha value is -1.79. The zero-order valence-electron chi connectivity index (χ0n) is 13.6. The fraction of sp³-hybridized carbons (Fsp3) is 0.471. The fourth-order valence-corrected chi connectivity index (χ4v) is 3.16. The normalized spacial score (nSPS) is 17.2. The largest absolute Gasteiger partial charge is 0.481 e. The van der Waals surface area contributed by atoms with E-state index in [1.54, 1.807) is 4.90 Å². The number of likely N-dealkylation sites (tertiary alicyclic amines) is 1. The molecule has 2 amide bonds. The molecule has 1 aliphatic rings. The summed E-state index contributed by atoms with van der Waals surface area (Å²) in [4.78, 5) is 36.7. The zero-order chi connectivity index (χ0) is 18.4. The van der Waals surface area contributed by atoms with Gasteiger partial charge in [-0.1, -0.05) is 23.2 Å². The van der Waals surface area contributed by atoms with Crippen LogP contribution in [0.5, 0.6) is 0 Å². The van der Waals surface area contributed by atoms with Crippen LogP contribution in [-0.4, -0.2) is 47.4 Å². The van der Waals surface area contributed by atoms with E-state index in [2.05, 4.69) is 5.32 Å². The Morgan fingerprint density at radius 1 is 1.24 bits per heavy atom. The molecule has 1 aromatic rings. The maximum atomic E-state index is 12.3. The minimum absolute atomic E-state index is 0.106. The average molecular weight is 387 g/mol. The van der Waals surface area contributed by atoms with Crippen molar-refractivity contribution in [2.75, 3.05) is 19.6 Å². The molecule has 0 aliphatic carbocycles. The van der Waals surface area contributed by atoms with Crippen LogP contribution >= 0.6 is 23.2 Å². The van der Waals surface area contributed by atoms with E-state index in [4.69, 9.17) is 28.3 Å². The minimum atomic E-state index is -0.822. The Labute approximate surface area is 156 Å². The summed E-state index contributed by atoms with van der Waals surface area (Å²) >= 11 is 11.7. The second kappa shape index (κ2) is 9.06. The first kappa shape index (κ1) is 19.5. The second-order valence-electron chi connectivity index (χ2n) is 6.09. The number of aliphatic carboxylic acids is 1. The Morgan fingerprint density at radius 3 is 2.68 bits per heavy atom. The van der Waals surface area contributed by atoms with Crippen LogP contribution in [0.3, 0.4) is 0 Å². The highest BCUT2D eigenvalue weighted by Gasteiger charge is 2.24. The van der Waals surface area contributed by atoms with Crippen molar-refractivity contribution in [3.05, 3.63) is 33.8 Å². The van der Waals surface area contributed by atoms with E-state index in [0.717, 1.165) is 12.8 Å². The number of carboxylic acids is 1. The Balaban J connectivity index is 1.83. The number of hydrogen-bond donors (Lipinski definition) is 2. The topological polar surface area (TPSA) is 86.7 Å². The van der Waals surface area contributed by atoms with Crippen LogP contribution in [0.25, 0.3) is 0 Å². The van der Waals surface area contributed by atoms with Crippen molar-refractivity contribution < 1.29 is 19.5 Å². The predicted molar refractivity (Wildman–Crippen MR) is 95.0 cm³/mol. The van der Waals surface area contributed by atoms with Crippen LogP contribution < -0.4 is 5.32 Å². The van der Waals surface area contributed by atoms with Gasteiger partial charge in [-0.3, -0.25) is 14.4 Å². The molecule has 8 heteroatoms. The Bertz CT molecular complexity index is 666. The number of carbonyl (C=O) groups is 3. The molecule has 1 saturated heterocycles. The summed E-state index contributed by atoms with van der Waals surface area (Å²) in [5.74, 6) is -1.20. The average Bonchev–Trinajstić information content (AvgIpc) is 2.60. The molecule has 1 atom stereocenters. The van der Waals surface area contributed by atoms with Gasteiger partial charge in [0.15, 0.2) is 0 Å². The first-order valence-electron chi connectivity index (χ1n) is 8.09. The zero-order valence-corrected chi connectivity index (χ0v) is 15.1. The molecule has 6 nitrogen and oxygen atoms in total. The van der Waals surface area contributed by atoms with Gasteiger partial charge >= 0.3 is 5.97 Å². The number of carbonyl (C=O) groups excluding carboxylic acids is 2. The SMILES string of the molecule is O=C(O)CCC1CCCN(C(=O)CNC(=O)c2ccc(Cl)c(Cl)c2)C1. The molecule has 1 heterocycles. The lowest BCUT2D eigenvalue weighted by atomic mass is 9.93. The molecule has 0 saturated carbocycles. The van der Waals surface area contributed by atoms with Crippen molar-refractivity contribution >= 4 is 41.0 Å². The van der Waals surface area contributed by atoms with Gasteiger partial charge in [0.2, 0.25) is 5.91 Å². The van der Waals surface area contributed by atoms with Crippen molar-refractivity contribution in [2.45, 2.75) is 25.7 Å². The van der Waals surface area contributed by atoms with Crippen LogP contribution in [0.2, 0.25) is 10.0 Å². The first-order valence-corrected chi connectivity index (χ1v) is 8.85. The molecule has 0 bridgehead atoms. The smallest absolute Gasteiger partial charge is 0.303 e. The van der Waals surface area contributed by atoms with E-state index in [-0.39, 0.29) is 29.8 Å². The van der Waals surface area contributed by atoms with Gasteiger partial charge in [-0.25, -0.2) is 0 Å². The molecular formula is C17H20Cl2N2O4. The van der Waals surface area contributed by atoms with E-state index in [9.17, 15) is 14.4 Å². The number of hydrogen-bond acceptors (Lipinski definition) is 3. The summed E-state index contributed by atoms with van der Waals surface area (Å²) in [6.45, 7) is 1.06. The maximum absolute atomic E-state index is 12.3. The van der Waals surface area contributed by atoms with E-state index in [0.29, 0.717) is 30.1 Å². The predicted octanol–water partition coefficient (Wildman–Crippen LogP) is 2.83. The van der Waals surface area contributed by atoms with Crippen molar-refractivity contribution in [2.24, 2.45) is 5.92 Å². The molecule has 1 fully saturated rings. The molecule has 2 N–H and O–H groups in total. The van der Waals surface area contributed by atoms with Crippen LogP contribution in [0.15, 0.2) is 18.2 Å². The molecule has 0 aromatic heterocycles. The van der Waals surface area contributed by atoms with Crippen molar-refractivity contribution in [3.63, 3.8) is 0 Å². The lowest BCUT2D eigenvalue weighted by Crippen LogP contribution is -2.45.